The number of hydrogen-bond acceptors (Lipinski definition) is 3. The minimum atomic E-state index is -4.17. The number of benzene rings is 1. The van der Waals surface area contributed by atoms with Crippen LogP contribution in [0.2, 0.25) is 0 Å². The van der Waals surface area contributed by atoms with E-state index in [2.05, 4.69) is 0 Å². The minimum absolute atomic E-state index is 0.0828. The van der Waals surface area contributed by atoms with Gasteiger partial charge in [-0.25, -0.2) is 12.8 Å². The van der Waals surface area contributed by atoms with E-state index in [4.69, 9.17) is 0 Å². The molecule has 1 atom stereocenters. The van der Waals surface area contributed by atoms with Crippen molar-refractivity contribution in [2.45, 2.75) is 36.6 Å². The van der Waals surface area contributed by atoms with Crippen molar-refractivity contribution in [2.75, 3.05) is 6.54 Å². The monoisotopic (exact) mass is 301 g/mol. The van der Waals surface area contributed by atoms with Gasteiger partial charge >= 0.3 is 5.97 Å². The van der Waals surface area contributed by atoms with Crippen LogP contribution in [0, 0.1) is 5.82 Å². The number of rotatable bonds is 3. The Morgan fingerprint density at radius 1 is 1.35 bits per heavy atom. The van der Waals surface area contributed by atoms with E-state index in [9.17, 15) is 22.7 Å². The van der Waals surface area contributed by atoms with Gasteiger partial charge in [0.15, 0.2) is 0 Å². The second kappa shape index (κ2) is 5.14. The molecule has 0 saturated carbocycles. The molecule has 1 unspecified atom stereocenters. The summed E-state index contributed by atoms with van der Waals surface area (Å²) < 4.78 is 39.7. The quantitative estimate of drug-likeness (QED) is 0.924. The number of piperidine rings is 1. The number of carboxylic acid groups (broad SMARTS) is 1. The second-order valence-corrected chi connectivity index (χ2v) is 6.87. The van der Waals surface area contributed by atoms with Crippen LogP contribution in [0.15, 0.2) is 29.2 Å². The van der Waals surface area contributed by atoms with E-state index in [0.29, 0.717) is 12.8 Å². The summed E-state index contributed by atoms with van der Waals surface area (Å²) in [5, 5.41) is 9.35. The largest absolute Gasteiger partial charge is 0.480 e. The molecule has 7 heteroatoms. The van der Waals surface area contributed by atoms with Crippen molar-refractivity contribution in [3.63, 3.8) is 0 Å². The first-order chi connectivity index (χ1) is 9.30. The van der Waals surface area contributed by atoms with Crippen LogP contribution >= 0.6 is 0 Å². The topological polar surface area (TPSA) is 74.7 Å². The molecule has 1 aromatic rings. The highest BCUT2D eigenvalue weighted by Crippen LogP contribution is 2.34. The molecule has 110 valence electrons. The molecule has 1 heterocycles. The zero-order valence-electron chi connectivity index (χ0n) is 11.0. The third kappa shape index (κ3) is 2.31. The standard InChI is InChI=1S/C13H16FNO4S/c1-13(12(16)17)8-4-5-9-15(13)20(18,19)11-7-3-2-6-10(11)14/h2-3,6-7H,4-5,8-9H2,1H3,(H,16,17). The maximum absolute atomic E-state index is 13.7. The number of aliphatic carboxylic acids is 1. The Bertz CT molecular complexity index is 631. The third-order valence-electron chi connectivity index (χ3n) is 3.69. The van der Waals surface area contributed by atoms with Gasteiger partial charge in [0.1, 0.15) is 16.3 Å². The van der Waals surface area contributed by atoms with Gasteiger partial charge in [-0.1, -0.05) is 12.1 Å². The molecule has 0 bridgehead atoms. The van der Waals surface area contributed by atoms with Crippen molar-refractivity contribution in [2.24, 2.45) is 0 Å². The van der Waals surface area contributed by atoms with Crippen LogP contribution in [0.3, 0.4) is 0 Å². The summed E-state index contributed by atoms with van der Waals surface area (Å²) in [6.07, 6.45) is 1.42. The lowest BCUT2D eigenvalue weighted by molar-refractivity contribution is -0.149. The van der Waals surface area contributed by atoms with Crippen LogP contribution in [-0.2, 0) is 14.8 Å². The number of nitrogens with zero attached hydrogens (tertiary/aromatic N) is 1. The maximum Gasteiger partial charge on any atom is 0.324 e. The fourth-order valence-corrected chi connectivity index (χ4v) is 4.34. The van der Waals surface area contributed by atoms with Gasteiger partial charge in [0.25, 0.3) is 0 Å². The molecule has 0 aliphatic carbocycles. The van der Waals surface area contributed by atoms with Gasteiger partial charge in [-0.15, -0.1) is 0 Å². The average molecular weight is 301 g/mol. The molecule has 0 aromatic heterocycles. The van der Waals surface area contributed by atoms with Crippen LogP contribution in [0.25, 0.3) is 0 Å². The molecule has 1 aromatic carbocycles. The first kappa shape index (κ1) is 14.9. The maximum atomic E-state index is 13.7. The highest BCUT2D eigenvalue weighted by atomic mass is 32.2. The Morgan fingerprint density at radius 2 is 2.00 bits per heavy atom. The molecule has 0 amide bonds. The van der Waals surface area contributed by atoms with Gasteiger partial charge in [0.05, 0.1) is 0 Å². The second-order valence-electron chi connectivity index (χ2n) is 5.04. The molecule has 1 saturated heterocycles. The lowest BCUT2D eigenvalue weighted by Gasteiger charge is -2.40. The van der Waals surface area contributed by atoms with Gasteiger partial charge < -0.3 is 5.11 Å². The van der Waals surface area contributed by atoms with E-state index >= 15 is 0 Å². The Hall–Kier alpha value is -1.47. The summed E-state index contributed by atoms with van der Waals surface area (Å²) in [7, 11) is -4.17. The predicted octanol–water partition coefficient (Wildman–Crippen LogP) is 1.84. The Kier molecular flexibility index (Phi) is 3.84. The Balaban J connectivity index is 2.53. The van der Waals surface area contributed by atoms with Crippen LogP contribution in [0.1, 0.15) is 26.2 Å². The van der Waals surface area contributed by atoms with Crippen molar-refractivity contribution in [1.29, 1.82) is 0 Å². The molecule has 0 radical (unpaired) electrons. The molecule has 20 heavy (non-hydrogen) atoms. The summed E-state index contributed by atoms with van der Waals surface area (Å²) in [6, 6.07) is 5.01. The van der Waals surface area contributed by atoms with Crippen molar-refractivity contribution < 1.29 is 22.7 Å². The number of hydrogen-bond donors (Lipinski definition) is 1. The van der Waals surface area contributed by atoms with E-state index in [-0.39, 0.29) is 13.0 Å². The van der Waals surface area contributed by atoms with Gasteiger partial charge in [-0.05, 0) is 38.3 Å². The van der Waals surface area contributed by atoms with Crippen molar-refractivity contribution in [1.82, 2.24) is 4.31 Å². The van der Waals surface area contributed by atoms with Crippen molar-refractivity contribution >= 4 is 16.0 Å². The summed E-state index contributed by atoms with van der Waals surface area (Å²) in [5.74, 6) is -2.08. The van der Waals surface area contributed by atoms with E-state index in [1.54, 1.807) is 0 Å². The molecular formula is C13H16FNO4S. The summed E-state index contributed by atoms with van der Waals surface area (Å²) in [5.41, 5.74) is -1.53. The van der Waals surface area contributed by atoms with Crippen LogP contribution in [-0.4, -0.2) is 35.9 Å². The van der Waals surface area contributed by atoms with Crippen LogP contribution in [0.4, 0.5) is 4.39 Å². The molecule has 0 spiro atoms. The fraction of sp³-hybridized carbons (Fsp3) is 0.462. The normalized spacial score (nSPS) is 24.5. The molecule has 5 nitrogen and oxygen atoms in total. The summed E-state index contributed by atoms with van der Waals surface area (Å²) in [6.45, 7) is 1.45. The number of carbonyl (C=O) groups is 1. The number of carboxylic acids is 1. The van der Waals surface area contributed by atoms with E-state index in [1.165, 1.54) is 19.1 Å². The highest BCUT2D eigenvalue weighted by molar-refractivity contribution is 7.89. The van der Waals surface area contributed by atoms with Gasteiger partial charge in [-0.3, -0.25) is 4.79 Å². The average Bonchev–Trinajstić information content (AvgIpc) is 2.39. The first-order valence-electron chi connectivity index (χ1n) is 6.31. The molecule has 2 rings (SSSR count). The molecule has 1 N–H and O–H groups in total. The SMILES string of the molecule is CC1(C(=O)O)CCCCN1S(=O)(=O)c1ccccc1F. The van der Waals surface area contributed by atoms with Crippen molar-refractivity contribution in [3.05, 3.63) is 30.1 Å². The number of sulfonamides is 1. The number of halogens is 1. The Morgan fingerprint density at radius 3 is 2.60 bits per heavy atom. The smallest absolute Gasteiger partial charge is 0.324 e. The lowest BCUT2D eigenvalue weighted by Crippen LogP contribution is -2.57. The lowest BCUT2D eigenvalue weighted by atomic mass is 9.91. The fourth-order valence-electron chi connectivity index (χ4n) is 2.47. The third-order valence-corrected chi connectivity index (χ3v) is 5.74. The van der Waals surface area contributed by atoms with Gasteiger partial charge in [0, 0.05) is 6.54 Å². The summed E-state index contributed by atoms with van der Waals surface area (Å²) in [4.78, 5) is 11.0. The zero-order valence-corrected chi connectivity index (χ0v) is 11.9. The molecule has 1 fully saturated rings. The van der Waals surface area contributed by atoms with Crippen LogP contribution < -0.4 is 0 Å². The van der Waals surface area contributed by atoms with Crippen molar-refractivity contribution in [3.8, 4) is 0 Å². The van der Waals surface area contributed by atoms with E-state index in [1.807, 2.05) is 0 Å². The van der Waals surface area contributed by atoms with E-state index < -0.39 is 32.2 Å². The molecule has 1 aliphatic rings. The van der Waals surface area contributed by atoms with E-state index in [0.717, 1.165) is 16.4 Å². The Labute approximate surface area is 117 Å². The highest BCUT2D eigenvalue weighted by Gasteiger charge is 2.48. The predicted molar refractivity (Wildman–Crippen MR) is 70.2 cm³/mol. The first-order valence-corrected chi connectivity index (χ1v) is 7.75. The zero-order chi connectivity index (χ0) is 15.0. The minimum Gasteiger partial charge on any atom is -0.480 e. The van der Waals surface area contributed by atoms with Gasteiger partial charge in [0.2, 0.25) is 10.0 Å². The van der Waals surface area contributed by atoms with Crippen LogP contribution in [0.5, 0.6) is 0 Å². The summed E-state index contributed by atoms with van der Waals surface area (Å²) >= 11 is 0. The molecule has 1 aliphatic heterocycles. The van der Waals surface area contributed by atoms with Gasteiger partial charge in [-0.2, -0.15) is 4.31 Å². The molecular weight excluding hydrogens is 285 g/mol.